The second kappa shape index (κ2) is 4.72. The van der Waals surface area contributed by atoms with Crippen LogP contribution in [-0.2, 0) is 21.3 Å². The number of primary amides is 1. The lowest BCUT2D eigenvalue weighted by Crippen LogP contribution is -2.77. The molecule has 2 bridgehead atoms. The first-order chi connectivity index (χ1) is 12.9. The first kappa shape index (κ1) is 16.1. The van der Waals surface area contributed by atoms with Crippen LogP contribution in [0.2, 0.25) is 0 Å². The highest BCUT2D eigenvalue weighted by molar-refractivity contribution is 5.97. The number of ether oxygens (including phenoxy) is 3. The van der Waals surface area contributed by atoms with Crippen LogP contribution in [0.15, 0.2) is 24.3 Å². The number of hydrogen-bond acceptors (Lipinski definition) is 6. The molecule has 2 aliphatic carbocycles. The Morgan fingerprint density at radius 1 is 1.30 bits per heavy atom. The van der Waals surface area contributed by atoms with Gasteiger partial charge >= 0.3 is 0 Å². The number of carbonyl (C=O) groups is 1. The minimum absolute atomic E-state index is 0.0785. The quantitative estimate of drug-likeness (QED) is 0.681. The molecule has 4 unspecified atom stereocenters. The molecular weight excluding hydrogens is 348 g/mol. The maximum absolute atomic E-state index is 12.1. The molecular formula is C20H22N2O5. The molecule has 1 aromatic carbocycles. The average molecular weight is 370 g/mol. The zero-order valence-electron chi connectivity index (χ0n) is 15.1. The van der Waals surface area contributed by atoms with Crippen molar-refractivity contribution in [3.05, 3.63) is 41.0 Å². The first-order valence-electron chi connectivity index (χ1n) is 9.47. The van der Waals surface area contributed by atoms with Crippen molar-refractivity contribution in [1.29, 1.82) is 0 Å². The van der Waals surface area contributed by atoms with Gasteiger partial charge in [0.05, 0.1) is 24.2 Å². The van der Waals surface area contributed by atoms with Crippen LogP contribution in [-0.4, -0.2) is 66.3 Å². The number of nitrogens with zero attached hydrogens (tertiary/aromatic N) is 1. The summed E-state index contributed by atoms with van der Waals surface area (Å²) in [5.41, 5.74) is 6.15. The highest BCUT2D eigenvalue weighted by Crippen LogP contribution is 2.65. The maximum Gasteiger partial charge on any atom is 0.252 e. The van der Waals surface area contributed by atoms with Gasteiger partial charge < -0.3 is 25.1 Å². The lowest BCUT2D eigenvalue weighted by atomic mass is 9.50. The molecule has 0 saturated carbocycles. The van der Waals surface area contributed by atoms with Gasteiger partial charge in [0.1, 0.15) is 11.4 Å². The number of nitrogens with two attached hydrogens (primary N) is 1. The van der Waals surface area contributed by atoms with Crippen LogP contribution in [0.5, 0.6) is 5.75 Å². The molecule has 3 heterocycles. The highest BCUT2D eigenvalue weighted by atomic mass is 16.8. The maximum atomic E-state index is 12.1. The first-order valence-corrected chi connectivity index (χ1v) is 9.47. The Balaban J connectivity index is 1.70. The van der Waals surface area contributed by atoms with Crippen LogP contribution < -0.4 is 10.5 Å². The third kappa shape index (κ3) is 1.58. The van der Waals surface area contributed by atoms with Crippen molar-refractivity contribution in [2.75, 3.05) is 26.8 Å². The summed E-state index contributed by atoms with van der Waals surface area (Å²) in [4.78, 5) is 14.3. The van der Waals surface area contributed by atoms with E-state index in [0.29, 0.717) is 37.4 Å². The Morgan fingerprint density at radius 2 is 2.07 bits per heavy atom. The van der Waals surface area contributed by atoms with Gasteiger partial charge in [-0.05, 0) is 50.2 Å². The van der Waals surface area contributed by atoms with Crippen LogP contribution in [0.4, 0.5) is 0 Å². The molecule has 1 amide bonds. The summed E-state index contributed by atoms with van der Waals surface area (Å²) >= 11 is 0. The Kier molecular flexibility index (Phi) is 2.81. The average Bonchev–Trinajstić information content (AvgIpc) is 3.24. The molecule has 6 rings (SSSR count). The van der Waals surface area contributed by atoms with Crippen molar-refractivity contribution in [1.82, 2.24) is 4.90 Å². The molecule has 7 nitrogen and oxygen atoms in total. The predicted molar refractivity (Wildman–Crippen MR) is 94.5 cm³/mol. The van der Waals surface area contributed by atoms with Crippen LogP contribution >= 0.6 is 0 Å². The monoisotopic (exact) mass is 370 g/mol. The largest absolute Gasteiger partial charge is 0.482 e. The molecule has 3 N–H and O–H groups in total. The number of aliphatic hydroxyl groups is 1. The molecule has 1 aromatic rings. The summed E-state index contributed by atoms with van der Waals surface area (Å²) < 4.78 is 18.5. The van der Waals surface area contributed by atoms with E-state index in [2.05, 4.69) is 4.90 Å². The Morgan fingerprint density at radius 3 is 2.81 bits per heavy atom. The second-order valence-corrected chi connectivity index (χ2v) is 8.34. The number of benzene rings is 1. The number of fused-ring (bicyclic) bond motifs is 1. The number of carbonyl (C=O) groups excluding carboxylic acids is 1. The SMILES string of the molecule is CN1CCC23c4c5ccc(C(N)=O)c4OC2C2(C=CC3(O)C1C5)OCCO2. The van der Waals surface area contributed by atoms with Crippen LogP contribution in [0.1, 0.15) is 27.9 Å². The van der Waals surface area contributed by atoms with Crippen LogP contribution in [0.25, 0.3) is 0 Å². The molecule has 3 aliphatic heterocycles. The summed E-state index contributed by atoms with van der Waals surface area (Å²) in [5, 5.41) is 12.0. The molecule has 7 heteroatoms. The number of likely N-dealkylation sites (tertiary alicyclic amines) is 1. The standard InChI is InChI=1S/C20H22N2O5/c1-22-7-6-18-14-11-2-3-12(16(21)23)15(14)27-17(18)20(25-8-9-26-20)5-4-19(18,24)13(22)10-11/h2-5,13,17,24H,6-10H2,1H3,(H2,21,23). The van der Waals surface area contributed by atoms with E-state index < -0.39 is 28.8 Å². The number of amides is 1. The molecule has 2 fully saturated rings. The Bertz CT molecular complexity index is 908. The van der Waals surface area contributed by atoms with Crippen LogP contribution in [0.3, 0.4) is 0 Å². The number of rotatable bonds is 1. The zero-order valence-corrected chi connectivity index (χ0v) is 15.1. The second-order valence-electron chi connectivity index (χ2n) is 8.34. The summed E-state index contributed by atoms with van der Waals surface area (Å²) in [6, 6.07) is 3.62. The number of piperidine rings is 1. The summed E-state index contributed by atoms with van der Waals surface area (Å²) in [5.74, 6) is -1.08. The molecule has 142 valence electrons. The highest BCUT2D eigenvalue weighted by Gasteiger charge is 2.75. The van der Waals surface area contributed by atoms with E-state index in [4.69, 9.17) is 19.9 Å². The lowest BCUT2D eigenvalue weighted by molar-refractivity contribution is -0.237. The summed E-state index contributed by atoms with van der Waals surface area (Å²) in [6.45, 7) is 1.75. The van der Waals surface area contributed by atoms with E-state index in [0.717, 1.165) is 17.7 Å². The van der Waals surface area contributed by atoms with Gasteiger partial charge in [-0.25, -0.2) is 0 Å². The number of likely N-dealkylation sites (N-methyl/N-ethyl adjacent to an activating group) is 1. The smallest absolute Gasteiger partial charge is 0.252 e. The van der Waals surface area contributed by atoms with Gasteiger partial charge in [0, 0.05) is 11.6 Å². The minimum Gasteiger partial charge on any atom is -0.482 e. The molecule has 5 aliphatic rings. The fraction of sp³-hybridized carbons (Fsp3) is 0.550. The predicted octanol–water partition coefficient (Wildman–Crippen LogP) is 0.0885. The van der Waals surface area contributed by atoms with Gasteiger partial charge in [-0.3, -0.25) is 9.69 Å². The van der Waals surface area contributed by atoms with Gasteiger partial charge in [-0.1, -0.05) is 6.07 Å². The molecule has 2 spiro atoms. The Hall–Kier alpha value is -1.93. The third-order valence-corrected chi connectivity index (χ3v) is 7.34. The zero-order chi connectivity index (χ0) is 18.6. The fourth-order valence-electron chi connectivity index (χ4n) is 6.18. The van der Waals surface area contributed by atoms with Crippen LogP contribution in [0, 0.1) is 0 Å². The molecule has 4 atom stereocenters. The topological polar surface area (TPSA) is 94.3 Å². The van der Waals surface area contributed by atoms with Gasteiger partial charge in [0.25, 0.3) is 5.91 Å². The summed E-state index contributed by atoms with van der Waals surface area (Å²) in [7, 11) is 2.05. The van der Waals surface area contributed by atoms with Gasteiger partial charge in [0.2, 0.25) is 5.79 Å². The fourth-order valence-corrected chi connectivity index (χ4v) is 6.18. The van der Waals surface area contributed by atoms with E-state index in [1.807, 2.05) is 25.3 Å². The minimum atomic E-state index is -1.13. The van der Waals surface area contributed by atoms with E-state index in [1.165, 1.54) is 0 Å². The third-order valence-electron chi connectivity index (χ3n) is 7.34. The van der Waals surface area contributed by atoms with Gasteiger partial charge in [0.15, 0.2) is 6.10 Å². The van der Waals surface area contributed by atoms with Crippen molar-refractivity contribution >= 4 is 5.91 Å². The number of hydrogen-bond donors (Lipinski definition) is 2. The van der Waals surface area contributed by atoms with Crippen molar-refractivity contribution in [3.63, 3.8) is 0 Å². The van der Waals surface area contributed by atoms with E-state index in [9.17, 15) is 9.90 Å². The Labute approximate surface area is 156 Å². The van der Waals surface area contributed by atoms with Crippen molar-refractivity contribution in [2.45, 2.75) is 41.8 Å². The molecule has 2 saturated heterocycles. The van der Waals surface area contributed by atoms with Crippen molar-refractivity contribution < 1.29 is 24.1 Å². The van der Waals surface area contributed by atoms with E-state index in [1.54, 1.807) is 6.07 Å². The molecule has 27 heavy (non-hydrogen) atoms. The normalized spacial score (nSPS) is 40.1. The molecule has 0 aromatic heterocycles. The van der Waals surface area contributed by atoms with E-state index >= 15 is 0 Å². The summed E-state index contributed by atoms with van der Waals surface area (Å²) in [6.07, 6.45) is 4.48. The van der Waals surface area contributed by atoms with Crippen molar-refractivity contribution in [2.24, 2.45) is 5.73 Å². The van der Waals surface area contributed by atoms with Gasteiger partial charge in [-0.15, -0.1) is 0 Å². The van der Waals surface area contributed by atoms with Crippen molar-refractivity contribution in [3.8, 4) is 5.75 Å². The van der Waals surface area contributed by atoms with E-state index in [-0.39, 0.29) is 6.04 Å². The molecule has 0 radical (unpaired) electrons. The van der Waals surface area contributed by atoms with Gasteiger partial charge in [-0.2, -0.15) is 0 Å². The lowest BCUT2D eigenvalue weighted by Gasteiger charge is -2.62.